The Kier molecular flexibility index (Phi) is 7.59. The number of alkyl halides is 3. The zero-order chi connectivity index (χ0) is 27.6. The molecule has 0 fully saturated rings. The summed E-state index contributed by atoms with van der Waals surface area (Å²) in [7, 11) is 0. The molecule has 0 N–H and O–H groups in total. The van der Waals surface area contributed by atoms with Crippen LogP contribution in [0.4, 0.5) is 17.6 Å². The Labute approximate surface area is 218 Å². The lowest BCUT2D eigenvalue weighted by Crippen LogP contribution is -2.16. The molecule has 0 aliphatic heterocycles. The number of para-hydroxylation sites is 1. The highest BCUT2D eigenvalue weighted by Crippen LogP contribution is 2.40. The van der Waals surface area contributed by atoms with Crippen LogP contribution in [0.2, 0.25) is 5.02 Å². The zero-order valence-corrected chi connectivity index (χ0v) is 20.7. The van der Waals surface area contributed by atoms with Gasteiger partial charge < -0.3 is 13.9 Å². The SMILES string of the molecule is CC(C)c1ccccc1Oc1c(C(F)(F)F)oc2cc(OC(=O)C=Cc3c(F)cccc3Cl)ccc2c1=O. The highest BCUT2D eigenvalue weighted by atomic mass is 35.5. The zero-order valence-electron chi connectivity index (χ0n) is 19.9. The lowest BCUT2D eigenvalue weighted by molar-refractivity contribution is -0.154. The molecule has 0 bridgehead atoms. The van der Waals surface area contributed by atoms with E-state index in [1.54, 1.807) is 18.2 Å². The van der Waals surface area contributed by atoms with Gasteiger partial charge in [0.1, 0.15) is 22.9 Å². The van der Waals surface area contributed by atoms with Crippen LogP contribution in [0, 0.1) is 5.82 Å². The van der Waals surface area contributed by atoms with Gasteiger partial charge in [0.2, 0.25) is 11.2 Å². The summed E-state index contributed by atoms with van der Waals surface area (Å²) in [5, 5.41) is -0.154. The van der Waals surface area contributed by atoms with E-state index in [0.29, 0.717) is 5.56 Å². The standard InChI is InChI=1S/C28H19ClF4O5/c1-15(2)17-6-3-4-9-22(17)37-26-25(35)19-11-10-16(14-23(19)38-27(26)28(31,32)33)36-24(34)13-12-18-20(29)7-5-8-21(18)30/h3-15H,1-2H3. The van der Waals surface area contributed by atoms with E-state index in [4.69, 9.17) is 25.5 Å². The first-order chi connectivity index (χ1) is 18.0. The summed E-state index contributed by atoms with van der Waals surface area (Å²) < 4.78 is 71.2. The lowest BCUT2D eigenvalue weighted by atomic mass is 10.0. The van der Waals surface area contributed by atoms with Gasteiger partial charge in [-0.15, -0.1) is 0 Å². The van der Waals surface area contributed by atoms with Crippen LogP contribution in [0.5, 0.6) is 17.2 Å². The lowest BCUT2D eigenvalue weighted by Gasteiger charge is -2.16. The second-order valence-electron chi connectivity index (χ2n) is 8.43. The summed E-state index contributed by atoms with van der Waals surface area (Å²) >= 11 is 5.91. The predicted octanol–water partition coefficient (Wildman–Crippen LogP) is 8.14. The molecule has 0 aliphatic carbocycles. The van der Waals surface area contributed by atoms with Crippen molar-refractivity contribution >= 4 is 34.6 Å². The fraction of sp³-hybridized carbons (Fsp3) is 0.143. The van der Waals surface area contributed by atoms with Crippen molar-refractivity contribution in [3.05, 3.63) is 105 Å². The van der Waals surface area contributed by atoms with Crippen LogP contribution in [0.3, 0.4) is 0 Å². The molecule has 0 amide bonds. The maximum atomic E-state index is 13.9. The van der Waals surface area contributed by atoms with Gasteiger partial charge in [0.05, 0.1) is 10.4 Å². The van der Waals surface area contributed by atoms with Crippen LogP contribution >= 0.6 is 11.6 Å². The molecule has 0 atom stereocenters. The molecule has 0 saturated carbocycles. The quantitative estimate of drug-likeness (QED) is 0.106. The Morgan fingerprint density at radius 1 is 1.05 bits per heavy atom. The molecule has 0 unspecified atom stereocenters. The van der Waals surface area contributed by atoms with E-state index in [1.807, 2.05) is 13.8 Å². The molecule has 1 aromatic heterocycles. The minimum atomic E-state index is -5.07. The molecule has 4 rings (SSSR count). The highest BCUT2D eigenvalue weighted by Gasteiger charge is 2.40. The van der Waals surface area contributed by atoms with Crippen molar-refractivity contribution in [2.24, 2.45) is 0 Å². The number of carbonyl (C=O) groups is 1. The Morgan fingerprint density at radius 3 is 2.47 bits per heavy atom. The molecule has 0 spiro atoms. The maximum Gasteiger partial charge on any atom is 0.453 e. The molecular formula is C28H19ClF4O5. The normalized spacial score (nSPS) is 11.9. The van der Waals surface area contributed by atoms with Gasteiger partial charge in [-0.1, -0.05) is 49.7 Å². The molecule has 10 heteroatoms. The minimum absolute atomic E-state index is 0.0444. The Hall–Kier alpha value is -4.11. The number of ether oxygens (including phenoxy) is 2. The Bertz CT molecular complexity index is 1590. The first kappa shape index (κ1) is 26.9. The Balaban J connectivity index is 1.70. The van der Waals surface area contributed by atoms with Gasteiger partial charge in [-0.3, -0.25) is 4.79 Å². The minimum Gasteiger partial charge on any atom is -0.449 e. The number of rotatable bonds is 6. The third-order valence-corrected chi connectivity index (χ3v) is 5.77. The number of carbonyl (C=O) groups excluding carboxylic acids is 1. The molecule has 0 radical (unpaired) electrons. The molecule has 0 saturated heterocycles. The van der Waals surface area contributed by atoms with Crippen LogP contribution in [-0.2, 0) is 11.0 Å². The van der Waals surface area contributed by atoms with Crippen molar-refractivity contribution in [3.63, 3.8) is 0 Å². The van der Waals surface area contributed by atoms with Crippen molar-refractivity contribution in [2.75, 3.05) is 0 Å². The fourth-order valence-corrected chi connectivity index (χ4v) is 3.86. The van der Waals surface area contributed by atoms with Crippen LogP contribution < -0.4 is 14.9 Å². The van der Waals surface area contributed by atoms with Crippen molar-refractivity contribution in [1.29, 1.82) is 0 Å². The third kappa shape index (κ3) is 5.73. The molecule has 5 nitrogen and oxygen atoms in total. The van der Waals surface area contributed by atoms with Gasteiger partial charge in [0, 0.05) is 17.7 Å². The van der Waals surface area contributed by atoms with Crippen LogP contribution in [0.25, 0.3) is 17.0 Å². The highest BCUT2D eigenvalue weighted by molar-refractivity contribution is 6.32. The summed E-state index contributed by atoms with van der Waals surface area (Å²) in [4.78, 5) is 25.3. The summed E-state index contributed by atoms with van der Waals surface area (Å²) in [6.07, 6.45) is -3.07. The first-order valence-corrected chi connectivity index (χ1v) is 11.6. The van der Waals surface area contributed by atoms with Gasteiger partial charge in [0.15, 0.2) is 0 Å². The van der Waals surface area contributed by atoms with Gasteiger partial charge in [-0.2, -0.15) is 13.2 Å². The van der Waals surface area contributed by atoms with E-state index in [2.05, 4.69) is 0 Å². The largest absolute Gasteiger partial charge is 0.453 e. The maximum absolute atomic E-state index is 13.9. The van der Waals surface area contributed by atoms with E-state index in [9.17, 15) is 27.2 Å². The van der Waals surface area contributed by atoms with E-state index in [0.717, 1.165) is 30.4 Å². The third-order valence-electron chi connectivity index (χ3n) is 5.44. The number of benzene rings is 3. The fourth-order valence-electron chi connectivity index (χ4n) is 3.63. The van der Waals surface area contributed by atoms with E-state index < -0.39 is 40.5 Å². The van der Waals surface area contributed by atoms with Crippen LogP contribution in [0.1, 0.15) is 36.7 Å². The summed E-state index contributed by atoms with van der Waals surface area (Å²) in [6.45, 7) is 3.66. The van der Waals surface area contributed by atoms with Gasteiger partial charge in [0.25, 0.3) is 5.76 Å². The van der Waals surface area contributed by atoms with Crippen molar-refractivity contribution < 1.29 is 36.2 Å². The monoisotopic (exact) mass is 546 g/mol. The number of esters is 1. The molecular weight excluding hydrogens is 528 g/mol. The van der Waals surface area contributed by atoms with Crippen LogP contribution in [-0.4, -0.2) is 5.97 Å². The smallest absolute Gasteiger partial charge is 0.449 e. The van der Waals surface area contributed by atoms with E-state index in [-0.39, 0.29) is 33.4 Å². The molecule has 38 heavy (non-hydrogen) atoms. The van der Waals surface area contributed by atoms with E-state index in [1.165, 1.54) is 24.3 Å². The summed E-state index contributed by atoms with van der Waals surface area (Å²) in [5.74, 6) is -4.48. The summed E-state index contributed by atoms with van der Waals surface area (Å²) in [5.41, 5.74) is -0.966. The molecule has 4 aromatic rings. The second-order valence-corrected chi connectivity index (χ2v) is 8.84. The second kappa shape index (κ2) is 10.7. The predicted molar refractivity (Wildman–Crippen MR) is 134 cm³/mol. The molecule has 1 heterocycles. The van der Waals surface area contributed by atoms with Crippen LogP contribution in [0.15, 0.2) is 76.0 Å². The molecule has 0 aliphatic rings. The number of hydrogen-bond donors (Lipinski definition) is 0. The van der Waals surface area contributed by atoms with E-state index >= 15 is 0 Å². The topological polar surface area (TPSA) is 65.7 Å². The summed E-state index contributed by atoms with van der Waals surface area (Å²) in [6, 6.07) is 13.7. The average Bonchev–Trinajstić information content (AvgIpc) is 2.84. The number of halogens is 5. The molecule has 3 aromatic carbocycles. The van der Waals surface area contributed by atoms with Crippen molar-refractivity contribution in [3.8, 4) is 17.2 Å². The van der Waals surface area contributed by atoms with Gasteiger partial charge in [-0.25, -0.2) is 9.18 Å². The van der Waals surface area contributed by atoms with Crippen molar-refractivity contribution in [1.82, 2.24) is 0 Å². The average molecular weight is 547 g/mol. The van der Waals surface area contributed by atoms with Gasteiger partial charge in [-0.05, 0) is 47.9 Å². The first-order valence-electron chi connectivity index (χ1n) is 11.2. The van der Waals surface area contributed by atoms with Gasteiger partial charge >= 0.3 is 12.1 Å². The molecule has 196 valence electrons. The van der Waals surface area contributed by atoms with Crippen molar-refractivity contribution in [2.45, 2.75) is 25.9 Å². The number of hydrogen-bond acceptors (Lipinski definition) is 5. The number of fused-ring (bicyclic) bond motifs is 1. The Morgan fingerprint density at radius 2 is 1.79 bits per heavy atom.